The molecule has 1 aromatic heterocycles. The van der Waals surface area contributed by atoms with Gasteiger partial charge in [0.1, 0.15) is 6.04 Å². The zero-order valence-corrected chi connectivity index (χ0v) is 17.1. The van der Waals surface area contributed by atoms with Gasteiger partial charge >= 0.3 is 6.03 Å². The van der Waals surface area contributed by atoms with Crippen molar-refractivity contribution in [1.82, 2.24) is 15.2 Å². The van der Waals surface area contributed by atoms with E-state index in [4.69, 9.17) is 11.6 Å². The first-order valence-electron chi connectivity index (χ1n) is 9.68. The average molecular weight is 439 g/mol. The molecule has 2 aromatic carbocycles. The molecule has 0 saturated carbocycles. The highest BCUT2D eigenvalue weighted by Gasteiger charge is 2.28. The van der Waals surface area contributed by atoms with E-state index in [0.717, 1.165) is 10.9 Å². The molecule has 1 atom stereocenters. The van der Waals surface area contributed by atoms with E-state index in [0.29, 0.717) is 16.1 Å². The van der Waals surface area contributed by atoms with Gasteiger partial charge in [0, 0.05) is 35.3 Å². The van der Waals surface area contributed by atoms with Crippen LogP contribution in [0.1, 0.15) is 24.4 Å². The second kappa shape index (κ2) is 8.61. The van der Waals surface area contributed by atoms with Crippen molar-refractivity contribution >= 4 is 45.9 Å². The molecule has 158 valence electrons. The molecule has 3 N–H and O–H groups in total. The number of carbonyl (C=O) groups excluding carboxylic acids is 3. The Bertz CT molecular complexity index is 1250. The Morgan fingerprint density at radius 1 is 1.13 bits per heavy atom. The quantitative estimate of drug-likeness (QED) is 0.544. The van der Waals surface area contributed by atoms with Gasteiger partial charge in [-0.1, -0.05) is 29.8 Å². The third-order valence-corrected chi connectivity index (χ3v) is 5.31. The van der Waals surface area contributed by atoms with Crippen molar-refractivity contribution < 1.29 is 14.4 Å². The average Bonchev–Trinajstić information content (AvgIpc) is 2.73. The third kappa shape index (κ3) is 4.59. The molecule has 1 aliphatic rings. The van der Waals surface area contributed by atoms with Crippen molar-refractivity contribution in [1.29, 1.82) is 0 Å². The van der Waals surface area contributed by atoms with Gasteiger partial charge in [-0.3, -0.25) is 19.7 Å². The maximum atomic E-state index is 13.0. The molecule has 4 rings (SSSR count). The number of nitrogens with zero attached hydrogens (tertiary/aromatic N) is 1. The number of anilines is 1. The molecule has 1 aliphatic heterocycles. The van der Waals surface area contributed by atoms with Gasteiger partial charge in [0.2, 0.25) is 11.8 Å². The van der Waals surface area contributed by atoms with Gasteiger partial charge in [0.05, 0.1) is 0 Å². The van der Waals surface area contributed by atoms with Gasteiger partial charge in [0.25, 0.3) is 5.56 Å². The minimum atomic E-state index is -0.722. The van der Waals surface area contributed by atoms with Crippen LogP contribution < -0.4 is 21.5 Å². The first-order valence-corrected chi connectivity index (χ1v) is 10.1. The zero-order valence-electron chi connectivity index (χ0n) is 16.4. The lowest BCUT2D eigenvalue weighted by Crippen LogP contribution is -2.44. The maximum Gasteiger partial charge on any atom is 0.319 e. The molecule has 31 heavy (non-hydrogen) atoms. The summed E-state index contributed by atoms with van der Waals surface area (Å²) in [6, 6.07) is 12.7. The van der Waals surface area contributed by atoms with E-state index >= 15 is 0 Å². The fourth-order valence-electron chi connectivity index (χ4n) is 3.53. The van der Waals surface area contributed by atoms with Crippen LogP contribution in [0.3, 0.4) is 0 Å². The second-order valence-corrected chi connectivity index (χ2v) is 7.67. The zero-order chi connectivity index (χ0) is 22.0. The number of halogens is 1. The Balaban J connectivity index is 1.51. The Morgan fingerprint density at radius 2 is 1.97 bits per heavy atom. The number of carbonyl (C=O) groups is 3. The number of pyridine rings is 1. The molecule has 3 aromatic rings. The summed E-state index contributed by atoms with van der Waals surface area (Å²) in [5.74, 6) is -0.812. The highest BCUT2D eigenvalue weighted by molar-refractivity contribution is 6.30. The van der Waals surface area contributed by atoms with E-state index in [-0.39, 0.29) is 30.9 Å². The van der Waals surface area contributed by atoms with Gasteiger partial charge in [0.15, 0.2) is 0 Å². The number of amides is 4. The standard InChI is InChI=1S/C22H19ClN4O4/c23-15-2-1-3-16(11-15)25-22(31)24-12-13-4-5-14-8-9-27(21(30)17(14)10-13)18-6-7-19(28)26-20(18)29/h1-5,8-11,18H,6-7,12H2,(H2,24,25,31)(H,26,28,29). The first-order chi connectivity index (χ1) is 14.9. The third-order valence-electron chi connectivity index (χ3n) is 5.08. The topological polar surface area (TPSA) is 109 Å². The van der Waals surface area contributed by atoms with Crippen molar-refractivity contribution in [3.63, 3.8) is 0 Å². The lowest BCUT2D eigenvalue weighted by atomic mass is 10.0. The van der Waals surface area contributed by atoms with Crippen LogP contribution >= 0.6 is 11.6 Å². The summed E-state index contributed by atoms with van der Waals surface area (Å²) in [4.78, 5) is 48.7. The minimum Gasteiger partial charge on any atom is -0.334 e. The van der Waals surface area contributed by atoms with E-state index in [9.17, 15) is 19.2 Å². The summed E-state index contributed by atoms with van der Waals surface area (Å²) in [6.45, 7) is 0.203. The van der Waals surface area contributed by atoms with Crippen LogP contribution in [0.15, 0.2) is 59.5 Å². The number of urea groups is 1. The van der Waals surface area contributed by atoms with Crippen LogP contribution in [0.25, 0.3) is 10.8 Å². The van der Waals surface area contributed by atoms with E-state index in [2.05, 4.69) is 16.0 Å². The molecular formula is C22H19ClN4O4. The molecule has 2 heterocycles. The number of benzene rings is 2. The second-order valence-electron chi connectivity index (χ2n) is 7.23. The van der Waals surface area contributed by atoms with Gasteiger partial charge in [-0.15, -0.1) is 0 Å². The Morgan fingerprint density at radius 3 is 2.74 bits per heavy atom. The fourth-order valence-corrected chi connectivity index (χ4v) is 3.72. The Hall–Kier alpha value is -3.65. The van der Waals surface area contributed by atoms with Crippen LogP contribution in [0.2, 0.25) is 5.02 Å². The maximum absolute atomic E-state index is 13.0. The van der Waals surface area contributed by atoms with E-state index < -0.39 is 18.0 Å². The lowest BCUT2D eigenvalue weighted by Gasteiger charge is -2.23. The Labute approximate surface area is 182 Å². The monoisotopic (exact) mass is 438 g/mol. The van der Waals surface area contributed by atoms with E-state index in [1.165, 1.54) is 4.57 Å². The van der Waals surface area contributed by atoms with Crippen molar-refractivity contribution in [2.45, 2.75) is 25.4 Å². The summed E-state index contributed by atoms with van der Waals surface area (Å²) in [5, 5.41) is 9.37. The number of aromatic nitrogens is 1. The van der Waals surface area contributed by atoms with Crippen LogP contribution in [0.4, 0.5) is 10.5 Å². The van der Waals surface area contributed by atoms with E-state index in [1.54, 1.807) is 48.7 Å². The molecule has 8 nitrogen and oxygen atoms in total. The predicted octanol–water partition coefficient (Wildman–Crippen LogP) is 2.95. The van der Waals surface area contributed by atoms with Crippen LogP contribution in [0.5, 0.6) is 0 Å². The molecule has 1 fully saturated rings. The number of rotatable bonds is 4. The summed E-state index contributed by atoms with van der Waals surface area (Å²) in [7, 11) is 0. The number of imide groups is 1. The minimum absolute atomic E-state index is 0.187. The number of piperidine rings is 1. The number of nitrogens with one attached hydrogen (secondary N) is 3. The largest absolute Gasteiger partial charge is 0.334 e. The van der Waals surface area contributed by atoms with Crippen molar-refractivity contribution in [3.05, 3.63) is 75.7 Å². The highest BCUT2D eigenvalue weighted by atomic mass is 35.5. The number of hydrogen-bond acceptors (Lipinski definition) is 4. The number of fused-ring (bicyclic) bond motifs is 1. The highest BCUT2D eigenvalue weighted by Crippen LogP contribution is 2.19. The molecule has 0 spiro atoms. The molecule has 9 heteroatoms. The lowest BCUT2D eigenvalue weighted by molar-refractivity contribution is -0.135. The van der Waals surface area contributed by atoms with Gasteiger partial charge < -0.3 is 15.2 Å². The van der Waals surface area contributed by atoms with Crippen molar-refractivity contribution in [2.24, 2.45) is 0 Å². The van der Waals surface area contributed by atoms with Crippen LogP contribution in [0, 0.1) is 0 Å². The van der Waals surface area contributed by atoms with E-state index in [1.807, 2.05) is 6.07 Å². The molecular weight excluding hydrogens is 420 g/mol. The summed E-state index contributed by atoms with van der Waals surface area (Å²) in [6.07, 6.45) is 2.04. The molecule has 0 bridgehead atoms. The van der Waals surface area contributed by atoms with Gasteiger partial charge in [-0.05, 0) is 47.7 Å². The predicted molar refractivity (Wildman–Crippen MR) is 117 cm³/mol. The molecule has 1 saturated heterocycles. The normalized spacial score (nSPS) is 16.1. The summed E-state index contributed by atoms with van der Waals surface area (Å²) >= 11 is 5.91. The SMILES string of the molecule is O=C1CCC(n2ccc3ccc(CNC(=O)Nc4cccc(Cl)c4)cc3c2=O)C(=O)N1. The first kappa shape index (κ1) is 20.6. The van der Waals surface area contributed by atoms with Gasteiger partial charge in [-0.2, -0.15) is 0 Å². The van der Waals surface area contributed by atoms with Crippen molar-refractivity contribution in [2.75, 3.05) is 5.32 Å². The molecule has 4 amide bonds. The number of hydrogen-bond donors (Lipinski definition) is 3. The molecule has 0 aliphatic carbocycles. The molecule has 0 radical (unpaired) electrons. The molecule has 1 unspecified atom stereocenters. The fraction of sp³-hybridized carbons (Fsp3) is 0.182. The summed E-state index contributed by atoms with van der Waals surface area (Å²) in [5.41, 5.74) is 0.972. The van der Waals surface area contributed by atoms with Gasteiger partial charge in [-0.25, -0.2) is 4.79 Å². The summed E-state index contributed by atoms with van der Waals surface area (Å²) < 4.78 is 1.35. The Kier molecular flexibility index (Phi) is 5.73. The van der Waals surface area contributed by atoms with Crippen LogP contribution in [-0.2, 0) is 16.1 Å². The van der Waals surface area contributed by atoms with Crippen LogP contribution in [-0.4, -0.2) is 22.4 Å². The smallest absolute Gasteiger partial charge is 0.319 e. The van der Waals surface area contributed by atoms with Crippen molar-refractivity contribution in [3.8, 4) is 0 Å².